The Labute approximate surface area is 106 Å². The molecule has 0 aliphatic carbocycles. The number of imidazole rings is 1. The van der Waals surface area contributed by atoms with Crippen LogP contribution in [0.25, 0.3) is 11.0 Å². The third-order valence-corrected chi connectivity index (χ3v) is 4.03. The van der Waals surface area contributed by atoms with E-state index in [9.17, 15) is 0 Å². The van der Waals surface area contributed by atoms with Crippen molar-refractivity contribution in [3.63, 3.8) is 0 Å². The molecule has 1 aliphatic heterocycles. The van der Waals surface area contributed by atoms with Crippen molar-refractivity contribution in [3.05, 3.63) is 65.5 Å². The Kier molecular flexibility index (Phi) is 1.90. The first-order chi connectivity index (χ1) is 8.84. The Morgan fingerprint density at radius 1 is 0.944 bits per heavy atom. The van der Waals surface area contributed by atoms with E-state index in [1.54, 1.807) is 0 Å². The predicted octanol–water partition coefficient (Wildman–Crippen LogP) is 2.42. The summed E-state index contributed by atoms with van der Waals surface area (Å²) in [5.74, 6) is 1.40. The van der Waals surface area contributed by atoms with Gasteiger partial charge in [0.1, 0.15) is 6.54 Å². The van der Waals surface area contributed by atoms with Crippen LogP contribution in [0, 0.1) is 0 Å². The molecular formula is C16H15N2+. The molecule has 3 aromatic rings. The first-order valence-corrected chi connectivity index (χ1v) is 6.37. The van der Waals surface area contributed by atoms with Crippen LogP contribution in [0.15, 0.2) is 48.5 Å². The van der Waals surface area contributed by atoms with Crippen LogP contribution < -0.4 is 4.57 Å². The van der Waals surface area contributed by atoms with Gasteiger partial charge in [0.2, 0.25) is 0 Å². The number of aryl methyl sites for hydroxylation is 1. The zero-order valence-electron chi connectivity index (χ0n) is 10.4. The molecule has 2 nitrogen and oxygen atoms in total. The predicted molar refractivity (Wildman–Crippen MR) is 71.5 cm³/mol. The lowest BCUT2D eigenvalue weighted by molar-refractivity contribution is -0.653. The summed E-state index contributed by atoms with van der Waals surface area (Å²) >= 11 is 0. The SMILES string of the molecule is C[n+]1c2n(c3ccccc31)Cc1ccccc1C2. The lowest BCUT2D eigenvalue weighted by atomic mass is 10.0. The van der Waals surface area contributed by atoms with Gasteiger partial charge in [-0.25, -0.2) is 9.13 Å². The molecule has 0 N–H and O–H groups in total. The van der Waals surface area contributed by atoms with Gasteiger partial charge in [-0.1, -0.05) is 36.4 Å². The molecule has 0 atom stereocenters. The van der Waals surface area contributed by atoms with Gasteiger partial charge < -0.3 is 0 Å². The molecule has 0 radical (unpaired) electrons. The number of fused-ring (bicyclic) bond motifs is 4. The lowest BCUT2D eigenvalue weighted by Gasteiger charge is -2.13. The van der Waals surface area contributed by atoms with E-state index < -0.39 is 0 Å². The molecule has 88 valence electrons. The van der Waals surface area contributed by atoms with Crippen LogP contribution in [0.1, 0.15) is 17.0 Å². The van der Waals surface area contributed by atoms with Crippen LogP contribution in [0.5, 0.6) is 0 Å². The standard InChI is InChI=1S/C16H15N2/c1-17-14-8-4-5-9-15(14)18-11-13-7-3-2-6-12(13)10-16(17)18/h2-9H,10-11H2,1H3/q+1. The van der Waals surface area contributed by atoms with Crippen molar-refractivity contribution in [2.24, 2.45) is 7.05 Å². The van der Waals surface area contributed by atoms with E-state index in [0.717, 1.165) is 13.0 Å². The normalized spacial score (nSPS) is 13.4. The second-order valence-electron chi connectivity index (χ2n) is 5.00. The summed E-state index contributed by atoms with van der Waals surface area (Å²) in [7, 11) is 2.17. The van der Waals surface area contributed by atoms with Crippen molar-refractivity contribution in [1.82, 2.24) is 4.57 Å². The number of nitrogens with zero attached hydrogens (tertiary/aromatic N) is 2. The van der Waals surface area contributed by atoms with Crippen LogP contribution in [0.4, 0.5) is 0 Å². The molecule has 4 rings (SSSR count). The van der Waals surface area contributed by atoms with Crippen LogP contribution >= 0.6 is 0 Å². The smallest absolute Gasteiger partial charge is 0.230 e. The molecule has 18 heavy (non-hydrogen) atoms. The Hall–Kier alpha value is -2.09. The molecule has 0 fully saturated rings. The lowest BCUT2D eigenvalue weighted by Crippen LogP contribution is -2.35. The average molecular weight is 235 g/mol. The molecule has 1 aromatic heterocycles. The third-order valence-electron chi connectivity index (χ3n) is 4.03. The van der Waals surface area contributed by atoms with Crippen molar-refractivity contribution in [3.8, 4) is 0 Å². The summed E-state index contributed by atoms with van der Waals surface area (Å²) in [5.41, 5.74) is 5.57. The molecule has 2 heterocycles. The van der Waals surface area contributed by atoms with E-state index in [1.807, 2.05) is 0 Å². The summed E-state index contributed by atoms with van der Waals surface area (Å²) in [6.07, 6.45) is 1.03. The fourth-order valence-electron chi connectivity index (χ4n) is 3.05. The molecule has 0 bridgehead atoms. The van der Waals surface area contributed by atoms with Crippen molar-refractivity contribution < 1.29 is 4.57 Å². The molecule has 0 unspecified atom stereocenters. The van der Waals surface area contributed by atoms with Crippen molar-refractivity contribution in [1.29, 1.82) is 0 Å². The Morgan fingerprint density at radius 3 is 2.56 bits per heavy atom. The highest BCUT2D eigenvalue weighted by atomic mass is 15.2. The maximum Gasteiger partial charge on any atom is 0.261 e. The highest BCUT2D eigenvalue weighted by molar-refractivity contribution is 5.72. The van der Waals surface area contributed by atoms with E-state index in [0.29, 0.717) is 0 Å². The molecule has 0 amide bonds. The Balaban J connectivity index is 2.02. The second kappa shape index (κ2) is 3.45. The first-order valence-electron chi connectivity index (χ1n) is 6.37. The number of benzene rings is 2. The van der Waals surface area contributed by atoms with Gasteiger partial charge in [0.25, 0.3) is 5.82 Å². The minimum atomic E-state index is 0.993. The first kappa shape index (κ1) is 9.89. The van der Waals surface area contributed by atoms with E-state index in [1.165, 1.54) is 28.0 Å². The Bertz CT molecular complexity index is 753. The largest absolute Gasteiger partial charge is 0.261 e. The topological polar surface area (TPSA) is 8.81 Å². The number of aromatic nitrogens is 2. The zero-order valence-corrected chi connectivity index (χ0v) is 10.4. The summed E-state index contributed by atoms with van der Waals surface area (Å²) in [6.45, 7) is 0.993. The van der Waals surface area contributed by atoms with Gasteiger partial charge in [0.15, 0.2) is 11.0 Å². The zero-order chi connectivity index (χ0) is 12.1. The summed E-state index contributed by atoms with van der Waals surface area (Å²) in [6, 6.07) is 17.4. The number of hydrogen-bond acceptors (Lipinski definition) is 0. The summed E-state index contributed by atoms with van der Waals surface area (Å²) in [4.78, 5) is 0. The quantitative estimate of drug-likeness (QED) is 0.414. The molecule has 0 saturated carbocycles. The maximum absolute atomic E-state index is 2.44. The molecule has 2 heteroatoms. The van der Waals surface area contributed by atoms with E-state index >= 15 is 0 Å². The van der Waals surface area contributed by atoms with Gasteiger partial charge in [-0.15, -0.1) is 0 Å². The summed E-state index contributed by atoms with van der Waals surface area (Å²) < 4.78 is 4.77. The van der Waals surface area contributed by atoms with Crippen LogP contribution in [-0.2, 0) is 20.0 Å². The van der Waals surface area contributed by atoms with Gasteiger partial charge in [-0.2, -0.15) is 0 Å². The van der Waals surface area contributed by atoms with Gasteiger partial charge in [0, 0.05) is 0 Å². The van der Waals surface area contributed by atoms with E-state index in [2.05, 4.69) is 64.7 Å². The molecule has 0 saturated heterocycles. The van der Waals surface area contributed by atoms with Crippen LogP contribution in [-0.4, -0.2) is 4.57 Å². The minimum absolute atomic E-state index is 0.993. The number of hydrogen-bond donors (Lipinski definition) is 0. The van der Waals surface area contributed by atoms with Gasteiger partial charge >= 0.3 is 0 Å². The number of para-hydroxylation sites is 2. The van der Waals surface area contributed by atoms with Gasteiger partial charge in [0.05, 0.1) is 13.5 Å². The van der Waals surface area contributed by atoms with Crippen LogP contribution in [0.2, 0.25) is 0 Å². The molecule has 0 spiro atoms. The second-order valence-corrected chi connectivity index (χ2v) is 5.00. The van der Waals surface area contributed by atoms with E-state index in [4.69, 9.17) is 0 Å². The van der Waals surface area contributed by atoms with Gasteiger partial charge in [-0.05, 0) is 23.3 Å². The van der Waals surface area contributed by atoms with Crippen molar-refractivity contribution in [2.75, 3.05) is 0 Å². The highest BCUT2D eigenvalue weighted by Crippen LogP contribution is 2.24. The molecule has 1 aliphatic rings. The Morgan fingerprint density at radius 2 is 1.67 bits per heavy atom. The monoisotopic (exact) mass is 235 g/mol. The number of rotatable bonds is 0. The maximum atomic E-state index is 2.44. The fraction of sp³-hybridized carbons (Fsp3) is 0.188. The van der Waals surface area contributed by atoms with Crippen LogP contribution in [0.3, 0.4) is 0 Å². The average Bonchev–Trinajstić information content (AvgIpc) is 2.71. The molecule has 2 aromatic carbocycles. The molecular weight excluding hydrogens is 220 g/mol. The van der Waals surface area contributed by atoms with E-state index in [-0.39, 0.29) is 0 Å². The van der Waals surface area contributed by atoms with Gasteiger partial charge in [-0.3, -0.25) is 0 Å². The van der Waals surface area contributed by atoms with Crippen molar-refractivity contribution >= 4 is 11.0 Å². The minimum Gasteiger partial charge on any atom is -0.230 e. The van der Waals surface area contributed by atoms with Crippen molar-refractivity contribution in [2.45, 2.75) is 13.0 Å². The fourth-order valence-corrected chi connectivity index (χ4v) is 3.05. The third kappa shape index (κ3) is 1.20. The summed E-state index contributed by atoms with van der Waals surface area (Å²) in [5, 5.41) is 0. The highest BCUT2D eigenvalue weighted by Gasteiger charge is 2.27.